The molecule has 0 spiro atoms. The first kappa shape index (κ1) is 18.8. The molecular formula is C18H17FN4O3. The number of hydrazone groups is 1. The average molecular weight is 356 g/mol. The lowest BCUT2D eigenvalue weighted by Gasteiger charge is -2.06. The Kier molecular flexibility index (Phi) is 6.15. The van der Waals surface area contributed by atoms with Crippen LogP contribution in [0.4, 0.5) is 15.8 Å². The molecule has 0 aliphatic heterocycles. The molecule has 0 aromatic heterocycles. The van der Waals surface area contributed by atoms with Crippen LogP contribution in [0.5, 0.6) is 0 Å². The van der Waals surface area contributed by atoms with E-state index in [-0.39, 0.29) is 11.7 Å². The Balaban J connectivity index is 1.92. The number of hydrogen-bond donors (Lipinski definition) is 3. The molecule has 134 valence electrons. The summed E-state index contributed by atoms with van der Waals surface area (Å²) in [6, 6.07) is 11.8. The molecule has 0 aliphatic rings. The van der Waals surface area contributed by atoms with Gasteiger partial charge < -0.3 is 10.6 Å². The fourth-order valence-electron chi connectivity index (χ4n) is 1.97. The van der Waals surface area contributed by atoms with Crippen molar-refractivity contribution in [3.8, 4) is 0 Å². The van der Waals surface area contributed by atoms with E-state index in [1.54, 1.807) is 31.2 Å². The van der Waals surface area contributed by atoms with Gasteiger partial charge in [-0.05, 0) is 48.9 Å². The summed E-state index contributed by atoms with van der Waals surface area (Å²) in [5.41, 5.74) is 4.13. The highest BCUT2D eigenvalue weighted by Crippen LogP contribution is 2.13. The fourth-order valence-corrected chi connectivity index (χ4v) is 1.97. The molecule has 0 bridgehead atoms. The highest BCUT2D eigenvalue weighted by atomic mass is 19.1. The summed E-state index contributed by atoms with van der Waals surface area (Å²) >= 11 is 0. The Morgan fingerprint density at radius 2 is 1.35 bits per heavy atom. The second kappa shape index (κ2) is 8.52. The van der Waals surface area contributed by atoms with Crippen LogP contribution in [0.2, 0.25) is 0 Å². The fraction of sp³-hybridized carbons (Fsp3) is 0.111. The van der Waals surface area contributed by atoms with Crippen LogP contribution in [0.15, 0.2) is 53.6 Å². The zero-order chi connectivity index (χ0) is 19.1. The van der Waals surface area contributed by atoms with Crippen LogP contribution in [0.1, 0.15) is 19.4 Å². The first-order chi connectivity index (χ1) is 12.3. The van der Waals surface area contributed by atoms with E-state index in [2.05, 4.69) is 21.2 Å². The highest BCUT2D eigenvalue weighted by Gasteiger charge is 2.13. The number of hydrogen-bond acceptors (Lipinski definition) is 4. The second-order valence-electron chi connectivity index (χ2n) is 5.36. The molecule has 2 aromatic carbocycles. The molecule has 0 heterocycles. The van der Waals surface area contributed by atoms with Crippen molar-refractivity contribution in [2.45, 2.75) is 13.8 Å². The van der Waals surface area contributed by atoms with Gasteiger partial charge in [-0.15, -0.1) is 0 Å². The van der Waals surface area contributed by atoms with Crippen LogP contribution in [-0.4, -0.2) is 23.4 Å². The smallest absolute Gasteiger partial charge is 0.326 e. The zero-order valence-electron chi connectivity index (χ0n) is 14.2. The minimum atomic E-state index is -0.947. The maximum Gasteiger partial charge on any atom is 0.329 e. The van der Waals surface area contributed by atoms with Gasteiger partial charge in [0.1, 0.15) is 5.82 Å². The molecule has 2 rings (SSSR count). The van der Waals surface area contributed by atoms with Crippen molar-refractivity contribution in [2.24, 2.45) is 5.10 Å². The average Bonchev–Trinajstić information content (AvgIpc) is 2.61. The number of halogens is 1. The number of amides is 3. The molecule has 3 amide bonds. The molecule has 3 N–H and O–H groups in total. The molecule has 0 saturated carbocycles. The van der Waals surface area contributed by atoms with Gasteiger partial charge in [0.15, 0.2) is 0 Å². The third kappa shape index (κ3) is 5.52. The Hall–Kier alpha value is -3.55. The maximum absolute atomic E-state index is 12.9. The van der Waals surface area contributed by atoms with Crippen LogP contribution in [0, 0.1) is 5.82 Å². The van der Waals surface area contributed by atoms with E-state index in [1.165, 1.54) is 31.2 Å². The van der Waals surface area contributed by atoms with E-state index in [4.69, 9.17) is 0 Å². The monoisotopic (exact) mass is 356 g/mol. The highest BCUT2D eigenvalue weighted by molar-refractivity contribution is 6.39. The largest absolute Gasteiger partial charge is 0.329 e. The lowest BCUT2D eigenvalue weighted by atomic mass is 10.1. The van der Waals surface area contributed by atoms with Crippen LogP contribution < -0.4 is 16.1 Å². The lowest BCUT2D eigenvalue weighted by molar-refractivity contribution is -0.136. The summed E-state index contributed by atoms with van der Waals surface area (Å²) in [5.74, 6) is -2.43. The predicted molar refractivity (Wildman–Crippen MR) is 96.1 cm³/mol. The standard InChI is InChI=1S/C18H17FN4O3/c1-11(13-3-5-14(19)6-4-13)22-23-18(26)17(25)21-16-9-7-15(8-10-16)20-12(2)24/h3-10H,1-2H3,(H,20,24)(H,21,25)(H,23,26)/b22-11+. The molecule has 0 unspecified atom stereocenters. The Labute approximate surface area is 149 Å². The van der Waals surface area contributed by atoms with Gasteiger partial charge in [-0.25, -0.2) is 9.82 Å². The number of benzene rings is 2. The third-order valence-corrected chi connectivity index (χ3v) is 3.26. The molecule has 0 fully saturated rings. The van der Waals surface area contributed by atoms with Crippen molar-refractivity contribution in [1.82, 2.24) is 5.43 Å². The van der Waals surface area contributed by atoms with Gasteiger partial charge >= 0.3 is 11.8 Å². The van der Waals surface area contributed by atoms with Crippen LogP contribution in [-0.2, 0) is 14.4 Å². The van der Waals surface area contributed by atoms with E-state index in [0.29, 0.717) is 22.6 Å². The number of anilines is 2. The van der Waals surface area contributed by atoms with Crippen LogP contribution in [0.25, 0.3) is 0 Å². The van der Waals surface area contributed by atoms with Gasteiger partial charge in [0.25, 0.3) is 0 Å². The number of nitrogens with one attached hydrogen (secondary N) is 3. The Bertz CT molecular complexity index is 846. The molecule has 8 heteroatoms. The number of rotatable bonds is 4. The molecule has 7 nitrogen and oxygen atoms in total. The Morgan fingerprint density at radius 3 is 1.88 bits per heavy atom. The summed E-state index contributed by atoms with van der Waals surface area (Å²) in [6.07, 6.45) is 0. The number of nitrogens with zero attached hydrogens (tertiary/aromatic N) is 1. The van der Waals surface area contributed by atoms with Crippen LogP contribution >= 0.6 is 0 Å². The van der Waals surface area contributed by atoms with Gasteiger partial charge in [-0.1, -0.05) is 12.1 Å². The quantitative estimate of drug-likeness (QED) is 0.445. The van der Waals surface area contributed by atoms with E-state index in [9.17, 15) is 18.8 Å². The van der Waals surface area contributed by atoms with Crippen molar-refractivity contribution in [2.75, 3.05) is 10.6 Å². The van der Waals surface area contributed by atoms with Crippen LogP contribution in [0.3, 0.4) is 0 Å². The molecular weight excluding hydrogens is 339 g/mol. The summed E-state index contributed by atoms with van der Waals surface area (Å²) in [7, 11) is 0. The van der Waals surface area contributed by atoms with Crippen molar-refractivity contribution >= 4 is 34.8 Å². The van der Waals surface area contributed by atoms with Crippen molar-refractivity contribution in [1.29, 1.82) is 0 Å². The van der Waals surface area contributed by atoms with Crippen molar-refractivity contribution < 1.29 is 18.8 Å². The molecule has 26 heavy (non-hydrogen) atoms. The van der Waals surface area contributed by atoms with Gasteiger partial charge in [-0.3, -0.25) is 14.4 Å². The van der Waals surface area contributed by atoms with Gasteiger partial charge in [0.05, 0.1) is 5.71 Å². The molecule has 2 aromatic rings. The Morgan fingerprint density at radius 1 is 0.808 bits per heavy atom. The van der Waals surface area contributed by atoms with E-state index in [1.807, 2.05) is 0 Å². The maximum atomic E-state index is 12.9. The molecule has 0 saturated heterocycles. The third-order valence-electron chi connectivity index (χ3n) is 3.26. The van der Waals surface area contributed by atoms with E-state index < -0.39 is 11.8 Å². The normalized spacial score (nSPS) is 10.8. The number of carbonyl (C=O) groups is 3. The van der Waals surface area contributed by atoms with Crippen molar-refractivity contribution in [3.63, 3.8) is 0 Å². The number of carbonyl (C=O) groups excluding carboxylic acids is 3. The second-order valence-corrected chi connectivity index (χ2v) is 5.36. The lowest BCUT2D eigenvalue weighted by Crippen LogP contribution is -2.32. The van der Waals surface area contributed by atoms with Gasteiger partial charge in [0.2, 0.25) is 5.91 Å². The van der Waals surface area contributed by atoms with E-state index in [0.717, 1.165) is 0 Å². The molecule has 0 radical (unpaired) electrons. The van der Waals surface area contributed by atoms with Gasteiger partial charge in [-0.2, -0.15) is 5.10 Å². The minimum absolute atomic E-state index is 0.212. The topological polar surface area (TPSA) is 99.7 Å². The summed E-state index contributed by atoms with van der Waals surface area (Å²) in [4.78, 5) is 34.6. The predicted octanol–water partition coefficient (Wildman–Crippen LogP) is 2.26. The minimum Gasteiger partial charge on any atom is -0.326 e. The van der Waals surface area contributed by atoms with Gasteiger partial charge in [0, 0.05) is 18.3 Å². The first-order valence-corrected chi connectivity index (χ1v) is 7.64. The summed E-state index contributed by atoms with van der Waals surface area (Å²) < 4.78 is 12.9. The summed E-state index contributed by atoms with van der Waals surface area (Å²) in [5, 5.41) is 8.82. The van der Waals surface area contributed by atoms with E-state index >= 15 is 0 Å². The first-order valence-electron chi connectivity index (χ1n) is 7.64. The SMILES string of the molecule is CC(=O)Nc1ccc(NC(=O)C(=O)N/N=C(\C)c2ccc(F)cc2)cc1. The molecule has 0 aliphatic carbocycles. The van der Waals surface area contributed by atoms with Crippen molar-refractivity contribution in [3.05, 3.63) is 59.9 Å². The summed E-state index contributed by atoms with van der Waals surface area (Å²) in [6.45, 7) is 3.00. The zero-order valence-corrected chi connectivity index (χ0v) is 14.2. The molecule has 0 atom stereocenters.